The maximum atomic E-state index is 8.79. The summed E-state index contributed by atoms with van der Waals surface area (Å²) in [5, 5.41) is 9.67. The second kappa shape index (κ2) is 3.44. The van der Waals surface area contributed by atoms with Crippen molar-refractivity contribution >= 4 is 15.9 Å². The summed E-state index contributed by atoms with van der Waals surface area (Å²) < 4.78 is 0. The Labute approximate surface area is 52.9 Å². The van der Waals surface area contributed by atoms with Crippen LogP contribution in [0, 0.1) is 5.92 Å². The molecule has 0 aliphatic carbocycles. The van der Waals surface area contributed by atoms with Gasteiger partial charge < -0.3 is 5.11 Å². The van der Waals surface area contributed by atoms with E-state index in [1.165, 1.54) is 0 Å². The van der Waals surface area contributed by atoms with Crippen LogP contribution in [0.1, 0.15) is 13.8 Å². The van der Waals surface area contributed by atoms with Crippen LogP contribution in [0.5, 0.6) is 0 Å². The molecule has 44 valence electrons. The smallest absolute Gasteiger partial charge is 0.0545 e. The van der Waals surface area contributed by atoms with Crippen molar-refractivity contribution in [1.29, 1.82) is 0 Å². The minimum atomic E-state index is -0.181. The zero-order chi connectivity index (χ0) is 5.86. The third kappa shape index (κ3) is 3.06. The molecule has 2 heteroatoms. The Morgan fingerprint density at radius 3 is 2.00 bits per heavy atom. The first-order valence-electron chi connectivity index (χ1n) is 2.42. The number of rotatable bonds is 2. The van der Waals surface area contributed by atoms with Crippen LogP contribution in [0.15, 0.2) is 0 Å². The van der Waals surface area contributed by atoms with E-state index in [0.717, 1.165) is 5.33 Å². The summed E-state index contributed by atoms with van der Waals surface area (Å²) in [4.78, 5) is 0. The second-order valence-corrected chi connectivity index (χ2v) is 2.52. The molecule has 0 radical (unpaired) electrons. The number of hydrogen-bond acceptors (Lipinski definition) is 1. The fourth-order valence-electron chi connectivity index (χ4n) is 0.129. The van der Waals surface area contributed by atoms with Crippen LogP contribution < -0.4 is 0 Å². The Kier molecular flexibility index (Phi) is 3.66. The van der Waals surface area contributed by atoms with Crippen LogP contribution in [-0.2, 0) is 0 Å². The van der Waals surface area contributed by atoms with Crippen molar-refractivity contribution in [2.75, 3.05) is 5.33 Å². The molecule has 1 nitrogen and oxygen atoms in total. The largest absolute Gasteiger partial charge is 0.393 e. The van der Waals surface area contributed by atoms with Crippen molar-refractivity contribution in [2.24, 2.45) is 5.92 Å². The maximum absolute atomic E-state index is 8.79. The molecule has 0 spiro atoms. The van der Waals surface area contributed by atoms with Gasteiger partial charge in [0, 0.05) is 5.33 Å². The van der Waals surface area contributed by atoms with Crippen molar-refractivity contribution < 1.29 is 5.11 Å². The number of alkyl halides is 1. The standard InChI is InChI=1S/C5H11BrO/c1-4(3-6)5(2)7/h4-5,7H,3H2,1-2H3/t4-,5+/m1/s1. The molecule has 0 saturated heterocycles. The fraction of sp³-hybridized carbons (Fsp3) is 1.00. The number of aliphatic hydroxyl groups is 1. The Bertz CT molecular complexity index is 45.3. The summed E-state index contributed by atoms with van der Waals surface area (Å²) in [6, 6.07) is 0. The SMILES string of the molecule is C[C@H](O)[C@H](C)CBr. The molecule has 0 fully saturated rings. The fourth-order valence-corrected chi connectivity index (χ4v) is 0.670. The van der Waals surface area contributed by atoms with Crippen molar-refractivity contribution in [2.45, 2.75) is 20.0 Å². The van der Waals surface area contributed by atoms with Gasteiger partial charge in [0.1, 0.15) is 0 Å². The Hall–Kier alpha value is 0.440. The molecular formula is C5H11BrO. The Morgan fingerprint density at radius 2 is 2.00 bits per heavy atom. The molecule has 0 unspecified atom stereocenters. The van der Waals surface area contributed by atoms with Crippen LogP contribution in [0.3, 0.4) is 0 Å². The molecule has 0 aromatic rings. The lowest BCUT2D eigenvalue weighted by molar-refractivity contribution is 0.147. The van der Waals surface area contributed by atoms with Crippen molar-refractivity contribution in [3.05, 3.63) is 0 Å². The van der Waals surface area contributed by atoms with E-state index >= 15 is 0 Å². The predicted octanol–water partition coefficient (Wildman–Crippen LogP) is 1.40. The van der Waals surface area contributed by atoms with E-state index in [4.69, 9.17) is 5.11 Å². The lowest BCUT2D eigenvalue weighted by atomic mass is 10.1. The highest BCUT2D eigenvalue weighted by Gasteiger charge is 2.04. The van der Waals surface area contributed by atoms with Gasteiger partial charge in [-0.05, 0) is 12.8 Å². The minimum Gasteiger partial charge on any atom is -0.393 e. The van der Waals surface area contributed by atoms with Crippen LogP contribution in [0.25, 0.3) is 0 Å². The lowest BCUT2D eigenvalue weighted by Crippen LogP contribution is -2.13. The monoisotopic (exact) mass is 166 g/mol. The van der Waals surface area contributed by atoms with E-state index in [1.54, 1.807) is 6.92 Å². The van der Waals surface area contributed by atoms with Gasteiger partial charge in [0.15, 0.2) is 0 Å². The normalized spacial score (nSPS) is 18.9. The first-order chi connectivity index (χ1) is 3.18. The number of aliphatic hydroxyl groups excluding tert-OH is 1. The third-order valence-corrected chi connectivity index (χ3v) is 2.09. The zero-order valence-corrected chi connectivity index (χ0v) is 6.27. The van der Waals surface area contributed by atoms with Crippen LogP contribution in [0.2, 0.25) is 0 Å². The summed E-state index contributed by atoms with van der Waals surface area (Å²) in [5.74, 6) is 0.375. The topological polar surface area (TPSA) is 20.2 Å². The summed E-state index contributed by atoms with van der Waals surface area (Å²) in [7, 11) is 0. The van der Waals surface area contributed by atoms with Gasteiger partial charge in [-0.3, -0.25) is 0 Å². The molecule has 2 atom stereocenters. The van der Waals surface area contributed by atoms with Gasteiger partial charge in [0.05, 0.1) is 6.10 Å². The Balaban J connectivity index is 3.14. The van der Waals surface area contributed by atoms with Crippen molar-refractivity contribution in [1.82, 2.24) is 0 Å². The molecule has 0 rings (SSSR count). The van der Waals surface area contributed by atoms with Gasteiger partial charge in [-0.2, -0.15) is 0 Å². The van der Waals surface area contributed by atoms with E-state index in [2.05, 4.69) is 15.9 Å². The molecule has 0 aliphatic heterocycles. The number of hydrogen-bond donors (Lipinski definition) is 1. The maximum Gasteiger partial charge on any atom is 0.0545 e. The highest BCUT2D eigenvalue weighted by atomic mass is 79.9. The van der Waals surface area contributed by atoms with Gasteiger partial charge in [0.2, 0.25) is 0 Å². The van der Waals surface area contributed by atoms with Gasteiger partial charge in [-0.1, -0.05) is 22.9 Å². The zero-order valence-electron chi connectivity index (χ0n) is 4.69. The van der Waals surface area contributed by atoms with E-state index in [0.29, 0.717) is 5.92 Å². The molecule has 0 heterocycles. The van der Waals surface area contributed by atoms with Crippen molar-refractivity contribution in [3.8, 4) is 0 Å². The van der Waals surface area contributed by atoms with E-state index in [1.807, 2.05) is 6.92 Å². The summed E-state index contributed by atoms with van der Waals surface area (Å²) in [6.45, 7) is 3.80. The quantitative estimate of drug-likeness (QED) is 0.616. The highest BCUT2D eigenvalue weighted by molar-refractivity contribution is 9.09. The summed E-state index contributed by atoms with van der Waals surface area (Å²) in [6.07, 6.45) is -0.181. The number of halogens is 1. The van der Waals surface area contributed by atoms with Gasteiger partial charge in [-0.15, -0.1) is 0 Å². The lowest BCUT2D eigenvalue weighted by Gasteiger charge is -2.08. The van der Waals surface area contributed by atoms with E-state index in [-0.39, 0.29) is 6.10 Å². The first kappa shape index (κ1) is 7.44. The van der Waals surface area contributed by atoms with Crippen molar-refractivity contribution in [3.63, 3.8) is 0 Å². The second-order valence-electron chi connectivity index (χ2n) is 1.87. The predicted molar refractivity (Wildman–Crippen MR) is 34.6 cm³/mol. The van der Waals surface area contributed by atoms with Gasteiger partial charge >= 0.3 is 0 Å². The highest BCUT2D eigenvalue weighted by Crippen LogP contribution is 2.03. The summed E-state index contributed by atoms with van der Waals surface area (Å²) >= 11 is 3.26. The molecule has 0 aromatic heterocycles. The molecule has 0 amide bonds. The van der Waals surface area contributed by atoms with Crippen LogP contribution in [0.4, 0.5) is 0 Å². The Morgan fingerprint density at radius 1 is 1.57 bits per heavy atom. The molecule has 0 saturated carbocycles. The minimum absolute atomic E-state index is 0.181. The molecule has 1 N–H and O–H groups in total. The van der Waals surface area contributed by atoms with Crippen LogP contribution >= 0.6 is 15.9 Å². The van der Waals surface area contributed by atoms with Crippen LogP contribution in [-0.4, -0.2) is 16.5 Å². The first-order valence-corrected chi connectivity index (χ1v) is 3.54. The van der Waals surface area contributed by atoms with E-state index < -0.39 is 0 Å². The van der Waals surface area contributed by atoms with Gasteiger partial charge in [-0.25, -0.2) is 0 Å². The molecule has 0 bridgehead atoms. The van der Waals surface area contributed by atoms with Gasteiger partial charge in [0.25, 0.3) is 0 Å². The third-order valence-electron chi connectivity index (χ3n) is 1.07. The van der Waals surface area contributed by atoms with E-state index in [9.17, 15) is 0 Å². The summed E-state index contributed by atoms with van der Waals surface area (Å²) in [5.41, 5.74) is 0. The molecule has 0 aromatic carbocycles. The molecule has 0 aliphatic rings. The molecule has 7 heavy (non-hydrogen) atoms. The average molecular weight is 167 g/mol. The average Bonchev–Trinajstić information content (AvgIpc) is 1.65. The molecular weight excluding hydrogens is 156 g/mol.